The van der Waals surface area contributed by atoms with E-state index in [1.165, 1.54) is 31.5 Å². The van der Waals surface area contributed by atoms with Crippen LogP contribution in [0.5, 0.6) is 0 Å². The first kappa shape index (κ1) is 9.88. The van der Waals surface area contributed by atoms with Crippen molar-refractivity contribution in [1.82, 2.24) is 9.80 Å². The van der Waals surface area contributed by atoms with Crippen molar-refractivity contribution in [1.29, 1.82) is 0 Å². The van der Waals surface area contributed by atoms with Crippen LogP contribution in [0.1, 0.15) is 40.0 Å². The summed E-state index contributed by atoms with van der Waals surface area (Å²) in [4.78, 5) is 5.10. The molecular weight excluding hydrogens is 172 g/mol. The molecule has 0 amide bonds. The first-order valence-electron chi connectivity index (χ1n) is 5.83. The van der Waals surface area contributed by atoms with Crippen molar-refractivity contribution in [3.05, 3.63) is 11.4 Å². The Labute approximate surface area is 87.6 Å². The fourth-order valence-corrected chi connectivity index (χ4v) is 2.96. The van der Waals surface area contributed by atoms with Gasteiger partial charge in [0.05, 0.1) is 0 Å². The highest BCUT2D eigenvalue weighted by Crippen LogP contribution is 2.36. The zero-order chi connectivity index (χ0) is 10.3. The third kappa shape index (κ3) is 1.32. The maximum atomic E-state index is 2.63. The van der Waals surface area contributed by atoms with E-state index in [-0.39, 0.29) is 0 Å². The van der Waals surface area contributed by atoms with Crippen molar-refractivity contribution in [3.8, 4) is 0 Å². The van der Waals surface area contributed by atoms with Crippen molar-refractivity contribution in [2.75, 3.05) is 13.6 Å². The molecule has 0 bridgehead atoms. The molecule has 2 rings (SSSR count). The van der Waals surface area contributed by atoms with Crippen LogP contribution in [0.4, 0.5) is 0 Å². The highest BCUT2D eigenvalue weighted by atomic mass is 15.4. The summed E-state index contributed by atoms with van der Waals surface area (Å²) in [6, 6.07) is 0. The molecular formula is C12H22N2. The predicted octanol–water partition coefficient (Wildman–Crippen LogP) is 2.63. The van der Waals surface area contributed by atoms with Gasteiger partial charge in [-0.15, -0.1) is 0 Å². The van der Waals surface area contributed by atoms with Gasteiger partial charge in [0, 0.05) is 25.0 Å². The minimum Gasteiger partial charge on any atom is -0.356 e. The minimum atomic E-state index is 0.667. The van der Waals surface area contributed by atoms with Gasteiger partial charge in [0.2, 0.25) is 0 Å². The molecule has 14 heavy (non-hydrogen) atoms. The SMILES string of the molecule is CC1=C(C(C)C)N2CCCCC2N1C. The van der Waals surface area contributed by atoms with Gasteiger partial charge in [0.1, 0.15) is 6.17 Å². The van der Waals surface area contributed by atoms with Gasteiger partial charge in [-0.25, -0.2) is 0 Å². The Morgan fingerprint density at radius 3 is 2.64 bits per heavy atom. The van der Waals surface area contributed by atoms with Crippen molar-refractivity contribution >= 4 is 0 Å². The Morgan fingerprint density at radius 2 is 2.00 bits per heavy atom. The van der Waals surface area contributed by atoms with Crippen LogP contribution in [-0.4, -0.2) is 29.6 Å². The highest BCUT2D eigenvalue weighted by Gasteiger charge is 2.36. The monoisotopic (exact) mass is 194 g/mol. The number of piperidine rings is 1. The Bertz CT molecular complexity index is 255. The van der Waals surface area contributed by atoms with E-state index in [0.717, 1.165) is 0 Å². The Kier molecular flexibility index (Phi) is 2.46. The number of rotatable bonds is 1. The lowest BCUT2D eigenvalue weighted by atomic mass is 10.0. The molecule has 0 N–H and O–H groups in total. The molecule has 0 aromatic carbocycles. The van der Waals surface area contributed by atoms with Crippen LogP contribution < -0.4 is 0 Å². The highest BCUT2D eigenvalue weighted by molar-refractivity contribution is 5.20. The van der Waals surface area contributed by atoms with Crippen LogP contribution in [0.15, 0.2) is 11.4 Å². The molecule has 80 valence electrons. The van der Waals surface area contributed by atoms with Crippen molar-refractivity contribution in [2.24, 2.45) is 5.92 Å². The molecule has 2 aliphatic heterocycles. The van der Waals surface area contributed by atoms with E-state index in [4.69, 9.17) is 0 Å². The number of hydrogen-bond donors (Lipinski definition) is 0. The summed E-state index contributed by atoms with van der Waals surface area (Å²) in [6.07, 6.45) is 4.77. The molecule has 2 aliphatic rings. The van der Waals surface area contributed by atoms with Gasteiger partial charge in [-0.3, -0.25) is 0 Å². The third-order valence-electron chi connectivity index (χ3n) is 3.67. The van der Waals surface area contributed by atoms with E-state index in [9.17, 15) is 0 Å². The summed E-state index contributed by atoms with van der Waals surface area (Å²) in [5.41, 5.74) is 3.07. The van der Waals surface area contributed by atoms with Crippen LogP contribution in [-0.2, 0) is 0 Å². The third-order valence-corrected chi connectivity index (χ3v) is 3.67. The summed E-state index contributed by atoms with van der Waals surface area (Å²) in [5.74, 6) is 0.667. The molecule has 0 aromatic heterocycles. The topological polar surface area (TPSA) is 6.48 Å². The molecule has 2 heteroatoms. The summed E-state index contributed by atoms with van der Waals surface area (Å²) in [5, 5.41) is 0. The van der Waals surface area contributed by atoms with E-state index in [2.05, 4.69) is 37.6 Å². The fraction of sp³-hybridized carbons (Fsp3) is 0.833. The van der Waals surface area contributed by atoms with E-state index >= 15 is 0 Å². The lowest BCUT2D eigenvalue weighted by Crippen LogP contribution is -2.42. The molecule has 0 spiro atoms. The Balaban J connectivity index is 2.28. The van der Waals surface area contributed by atoms with E-state index in [1.807, 2.05) is 0 Å². The van der Waals surface area contributed by atoms with Gasteiger partial charge in [-0.2, -0.15) is 0 Å². The lowest BCUT2D eigenvalue weighted by molar-refractivity contribution is 0.112. The molecule has 1 fully saturated rings. The number of allylic oxidation sites excluding steroid dienone is 2. The van der Waals surface area contributed by atoms with Crippen molar-refractivity contribution in [2.45, 2.75) is 46.2 Å². The molecule has 2 heterocycles. The minimum absolute atomic E-state index is 0.667. The summed E-state index contributed by atoms with van der Waals surface area (Å²) in [7, 11) is 2.24. The second-order valence-electron chi connectivity index (χ2n) is 4.91. The molecule has 1 unspecified atom stereocenters. The van der Waals surface area contributed by atoms with Crippen molar-refractivity contribution in [3.63, 3.8) is 0 Å². The second kappa shape index (κ2) is 3.48. The summed E-state index contributed by atoms with van der Waals surface area (Å²) >= 11 is 0. The molecule has 1 saturated heterocycles. The van der Waals surface area contributed by atoms with E-state index < -0.39 is 0 Å². The maximum absolute atomic E-state index is 2.63. The average molecular weight is 194 g/mol. The van der Waals surface area contributed by atoms with Crippen LogP contribution >= 0.6 is 0 Å². The summed E-state index contributed by atoms with van der Waals surface area (Å²) in [6.45, 7) is 8.15. The van der Waals surface area contributed by atoms with Crippen LogP contribution in [0.25, 0.3) is 0 Å². The van der Waals surface area contributed by atoms with Gasteiger partial charge in [0.25, 0.3) is 0 Å². The smallest absolute Gasteiger partial charge is 0.101 e. The first-order valence-corrected chi connectivity index (χ1v) is 5.83. The molecule has 0 radical (unpaired) electrons. The van der Waals surface area contributed by atoms with Crippen LogP contribution in [0.3, 0.4) is 0 Å². The predicted molar refractivity (Wildman–Crippen MR) is 59.6 cm³/mol. The maximum Gasteiger partial charge on any atom is 0.101 e. The molecule has 0 saturated carbocycles. The largest absolute Gasteiger partial charge is 0.356 e. The van der Waals surface area contributed by atoms with Gasteiger partial charge in [-0.1, -0.05) is 13.8 Å². The van der Waals surface area contributed by atoms with Gasteiger partial charge < -0.3 is 9.80 Å². The van der Waals surface area contributed by atoms with Crippen LogP contribution in [0, 0.1) is 5.92 Å². The fourth-order valence-electron chi connectivity index (χ4n) is 2.96. The van der Waals surface area contributed by atoms with Crippen molar-refractivity contribution < 1.29 is 0 Å². The van der Waals surface area contributed by atoms with Crippen LogP contribution in [0.2, 0.25) is 0 Å². The molecule has 0 aromatic rings. The zero-order valence-electron chi connectivity index (χ0n) is 9.88. The quantitative estimate of drug-likeness (QED) is 0.633. The number of nitrogens with zero attached hydrogens (tertiary/aromatic N) is 2. The van der Waals surface area contributed by atoms with Gasteiger partial charge in [0.15, 0.2) is 0 Å². The second-order valence-corrected chi connectivity index (χ2v) is 4.91. The molecule has 0 aliphatic carbocycles. The zero-order valence-corrected chi connectivity index (χ0v) is 9.88. The first-order chi connectivity index (χ1) is 6.63. The molecule has 1 atom stereocenters. The average Bonchev–Trinajstić information content (AvgIpc) is 2.41. The Morgan fingerprint density at radius 1 is 1.29 bits per heavy atom. The van der Waals surface area contributed by atoms with Gasteiger partial charge >= 0.3 is 0 Å². The van der Waals surface area contributed by atoms with Gasteiger partial charge in [-0.05, 0) is 32.1 Å². The number of fused-ring (bicyclic) bond motifs is 1. The normalized spacial score (nSPS) is 27.6. The Hall–Kier alpha value is -0.660. The summed E-state index contributed by atoms with van der Waals surface area (Å²) < 4.78 is 0. The van der Waals surface area contributed by atoms with E-state index in [0.29, 0.717) is 12.1 Å². The lowest BCUT2D eigenvalue weighted by Gasteiger charge is -2.37. The van der Waals surface area contributed by atoms with E-state index in [1.54, 1.807) is 5.70 Å². The standard InChI is InChI=1S/C12H22N2/c1-9(2)12-10(3)13(4)11-7-5-6-8-14(11)12/h9,11H,5-8H2,1-4H3. The molecule has 2 nitrogen and oxygen atoms in total. The number of hydrogen-bond acceptors (Lipinski definition) is 2.